The van der Waals surface area contributed by atoms with Crippen LogP contribution in [0.4, 0.5) is 0 Å². The number of hydrogen-bond acceptors (Lipinski definition) is 4. The van der Waals surface area contributed by atoms with Crippen molar-refractivity contribution in [1.29, 1.82) is 0 Å². The fraction of sp³-hybridized carbons (Fsp3) is 0.211. The number of carbonyl (C=O) groups excluding carboxylic acids is 1. The zero-order chi connectivity index (χ0) is 17.1. The Bertz CT molecular complexity index is 847. The molecule has 0 unspecified atom stereocenters. The molecule has 2 aromatic carbocycles. The summed E-state index contributed by atoms with van der Waals surface area (Å²) in [4.78, 5) is 15.1. The van der Waals surface area contributed by atoms with Gasteiger partial charge in [-0.1, -0.05) is 36.4 Å². The lowest BCUT2D eigenvalue weighted by Gasteiger charge is -2.36. The molecule has 3 aromatic rings. The van der Waals surface area contributed by atoms with Crippen molar-refractivity contribution in [2.24, 2.45) is 0 Å². The number of hydrogen-bond donors (Lipinski definition) is 1. The third-order valence-electron chi connectivity index (χ3n) is 4.50. The molecule has 0 bridgehead atoms. The third kappa shape index (κ3) is 3.16. The van der Waals surface area contributed by atoms with Crippen molar-refractivity contribution in [3.8, 4) is 5.69 Å². The lowest BCUT2D eigenvalue weighted by molar-refractivity contribution is 0.0634. The Morgan fingerprint density at radius 3 is 2.64 bits per heavy atom. The fourth-order valence-electron chi connectivity index (χ4n) is 3.22. The molecule has 1 N–H and O–H groups in total. The van der Waals surface area contributed by atoms with Crippen LogP contribution in [0.1, 0.15) is 22.0 Å². The second kappa shape index (κ2) is 6.86. The largest absolute Gasteiger partial charge is 0.329 e. The highest BCUT2D eigenvalue weighted by molar-refractivity contribution is 5.95. The number of nitrogens with one attached hydrogen (secondary N) is 1. The zero-order valence-corrected chi connectivity index (χ0v) is 13.7. The van der Waals surface area contributed by atoms with Gasteiger partial charge in [-0.05, 0) is 23.8 Å². The van der Waals surface area contributed by atoms with Crippen molar-refractivity contribution in [3.63, 3.8) is 0 Å². The van der Waals surface area contributed by atoms with E-state index in [9.17, 15) is 4.79 Å². The summed E-state index contributed by atoms with van der Waals surface area (Å²) in [6.07, 6.45) is 3.25. The van der Waals surface area contributed by atoms with Crippen LogP contribution in [0.25, 0.3) is 5.69 Å². The summed E-state index contributed by atoms with van der Waals surface area (Å²) in [5, 5.41) is 11.0. The van der Waals surface area contributed by atoms with Crippen LogP contribution in [0.5, 0.6) is 0 Å². The Balaban J connectivity index is 1.64. The highest BCUT2D eigenvalue weighted by Gasteiger charge is 2.28. The van der Waals surface area contributed by atoms with Gasteiger partial charge in [0.2, 0.25) is 0 Å². The van der Waals surface area contributed by atoms with E-state index in [0.29, 0.717) is 12.1 Å². The average Bonchev–Trinajstić information content (AvgIpc) is 3.23. The summed E-state index contributed by atoms with van der Waals surface area (Å²) < 4.78 is 1.79. The molecule has 0 aliphatic carbocycles. The minimum absolute atomic E-state index is 0.0426. The molecule has 6 heteroatoms. The van der Waals surface area contributed by atoms with Crippen molar-refractivity contribution in [1.82, 2.24) is 25.0 Å². The van der Waals surface area contributed by atoms with E-state index in [4.69, 9.17) is 0 Å². The van der Waals surface area contributed by atoms with Gasteiger partial charge in [0.05, 0.1) is 6.04 Å². The summed E-state index contributed by atoms with van der Waals surface area (Å²) >= 11 is 0. The van der Waals surface area contributed by atoms with E-state index in [-0.39, 0.29) is 11.9 Å². The highest BCUT2D eigenvalue weighted by Crippen LogP contribution is 2.24. The second-order valence-electron chi connectivity index (χ2n) is 6.05. The number of carbonyl (C=O) groups is 1. The Hall–Kier alpha value is -2.99. The van der Waals surface area contributed by atoms with Crippen LogP contribution in [0.2, 0.25) is 0 Å². The van der Waals surface area contributed by atoms with Gasteiger partial charge < -0.3 is 10.2 Å². The molecule has 4 rings (SSSR count). The first kappa shape index (κ1) is 15.5. The van der Waals surface area contributed by atoms with E-state index >= 15 is 0 Å². The maximum atomic E-state index is 13.2. The second-order valence-corrected chi connectivity index (χ2v) is 6.05. The van der Waals surface area contributed by atoms with Crippen molar-refractivity contribution >= 4 is 5.91 Å². The Morgan fingerprint density at radius 2 is 1.84 bits per heavy atom. The molecule has 0 radical (unpaired) electrons. The van der Waals surface area contributed by atoms with Crippen LogP contribution >= 0.6 is 0 Å². The number of nitrogens with zero attached hydrogens (tertiary/aromatic N) is 4. The molecule has 1 aliphatic heterocycles. The van der Waals surface area contributed by atoms with E-state index in [0.717, 1.165) is 24.3 Å². The van der Waals surface area contributed by atoms with Crippen molar-refractivity contribution in [3.05, 3.63) is 78.4 Å². The van der Waals surface area contributed by atoms with E-state index in [1.165, 1.54) is 0 Å². The topological polar surface area (TPSA) is 63.1 Å². The number of piperazine rings is 1. The Labute approximate surface area is 146 Å². The summed E-state index contributed by atoms with van der Waals surface area (Å²) in [5.74, 6) is 0.0466. The first-order chi connectivity index (χ1) is 12.3. The molecular weight excluding hydrogens is 314 g/mol. The molecule has 1 fully saturated rings. The van der Waals surface area contributed by atoms with Gasteiger partial charge in [-0.15, -0.1) is 10.2 Å². The molecule has 2 heterocycles. The molecule has 0 saturated carbocycles. The third-order valence-corrected chi connectivity index (χ3v) is 4.50. The number of amides is 1. The molecule has 6 nitrogen and oxygen atoms in total. The van der Waals surface area contributed by atoms with Crippen molar-refractivity contribution in [2.75, 3.05) is 19.6 Å². The van der Waals surface area contributed by atoms with E-state index in [1.54, 1.807) is 17.2 Å². The normalized spacial score (nSPS) is 17.4. The number of rotatable bonds is 3. The highest BCUT2D eigenvalue weighted by atomic mass is 16.2. The molecule has 0 spiro atoms. The summed E-state index contributed by atoms with van der Waals surface area (Å²) in [7, 11) is 0. The molecule has 25 heavy (non-hydrogen) atoms. The van der Waals surface area contributed by atoms with Crippen LogP contribution in [0.3, 0.4) is 0 Å². The first-order valence-electron chi connectivity index (χ1n) is 8.34. The molecule has 126 valence electrons. The van der Waals surface area contributed by atoms with Gasteiger partial charge in [0, 0.05) is 30.9 Å². The average molecular weight is 333 g/mol. The first-order valence-corrected chi connectivity index (χ1v) is 8.34. The molecule has 1 aromatic heterocycles. The molecule has 1 atom stereocenters. The monoisotopic (exact) mass is 333 g/mol. The van der Waals surface area contributed by atoms with Gasteiger partial charge >= 0.3 is 0 Å². The molecule has 1 amide bonds. The maximum Gasteiger partial charge on any atom is 0.254 e. The maximum absolute atomic E-state index is 13.2. The molecular formula is C19H19N5O. The van der Waals surface area contributed by atoms with Crippen LogP contribution in [-0.4, -0.2) is 45.2 Å². The van der Waals surface area contributed by atoms with Crippen LogP contribution in [0, 0.1) is 0 Å². The Kier molecular flexibility index (Phi) is 4.26. The number of benzene rings is 2. The van der Waals surface area contributed by atoms with Gasteiger partial charge in [-0.2, -0.15) is 0 Å². The van der Waals surface area contributed by atoms with E-state index in [2.05, 4.69) is 27.6 Å². The quantitative estimate of drug-likeness (QED) is 0.797. The minimum Gasteiger partial charge on any atom is -0.329 e. The SMILES string of the molecule is O=C(c1cccc(-n2cnnc2)c1)N1CCNC[C@H]1c1ccccc1. The lowest BCUT2D eigenvalue weighted by atomic mass is 10.0. The van der Waals surface area contributed by atoms with Gasteiger partial charge in [0.25, 0.3) is 5.91 Å². The number of aromatic nitrogens is 3. The zero-order valence-electron chi connectivity index (χ0n) is 13.7. The predicted octanol–water partition coefficient (Wildman–Crippen LogP) is 2.05. The van der Waals surface area contributed by atoms with E-state index < -0.39 is 0 Å². The minimum atomic E-state index is 0.0426. The lowest BCUT2D eigenvalue weighted by Crippen LogP contribution is -2.48. The van der Waals surface area contributed by atoms with Crippen LogP contribution in [-0.2, 0) is 0 Å². The van der Waals surface area contributed by atoms with Crippen LogP contribution < -0.4 is 5.32 Å². The summed E-state index contributed by atoms with van der Waals surface area (Å²) in [6.45, 7) is 2.26. The van der Waals surface area contributed by atoms with Crippen molar-refractivity contribution < 1.29 is 4.79 Å². The van der Waals surface area contributed by atoms with Gasteiger partial charge in [-0.3, -0.25) is 9.36 Å². The summed E-state index contributed by atoms with van der Waals surface area (Å²) in [5.41, 5.74) is 2.70. The van der Waals surface area contributed by atoms with Gasteiger partial charge in [0.1, 0.15) is 12.7 Å². The van der Waals surface area contributed by atoms with Crippen LogP contribution in [0.15, 0.2) is 67.3 Å². The van der Waals surface area contributed by atoms with Gasteiger partial charge in [-0.25, -0.2) is 0 Å². The molecule has 1 saturated heterocycles. The van der Waals surface area contributed by atoms with E-state index in [1.807, 2.05) is 47.4 Å². The predicted molar refractivity (Wildman–Crippen MR) is 94.4 cm³/mol. The smallest absolute Gasteiger partial charge is 0.254 e. The molecule has 1 aliphatic rings. The van der Waals surface area contributed by atoms with Gasteiger partial charge in [0.15, 0.2) is 0 Å². The standard InChI is InChI=1S/C19H19N5O/c25-19(16-7-4-8-17(11-16)23-13-21-22-14-23)24-10-9-20-12-18(24)15-5-2-1-3-6-15/h1-8,11,13-14,18,20H,9-10,12H2/t18-/m0/s1. The summed E-state index contributed by atoms with van der Waals surface area (Å²) in [6, 6.07) is 17.8. The fourth-order valence-corrected chi connectivity index (χ4v) is 3.22. The Morgan fingerprint density at radius 1 is 1.04 bits per heavy atom. The van der Waals surface area contributed by atoms with Crippen molar-refractivity contribution in [2.45, 2.75) is 6.04 Å².